The Morgan fingerprint density at radius 3 is 2.50 bits per heavy atom. The van der Waals surface area contributed by atoms with E-state index in [2.05, 4.69) is 12.2 Å². The van der Waals surface area contributed by atoms with Crippen molar-refractivity contribution in [1.29, 1.82) is 0 Å². The van der Waals surface area contributed by atoms with Crippen LogP contribution in [0.5, 0.6) is 5.75 Å². The van der Waals surface area contributed by atoms with Gasteiger partial charge in [-0.1, -0.05) is 18.5 Å². The van der Waals surface area contributed by atoms with Crippen LogP contribution < -0.4 is 10.1 Å². The third-order valence-corrected chi connectivity index (χ3v) is 8.14. The average Bonchev–Trinajstić information content (AvgIpc) is 2.70. The van der Waals surface area contributed by atoms with Crippen LogP contribution >= 0.6 is 11.6 Å². The number of carbonyl (C=O) groups is 1. The van der Waals surface area contributed by atoms with Crippen molar-refractivity contribution < 1.29 is 17.9 Å². The topological polar surface area (TPSA) is 82.2 Å². The van der Waals surface area contributed by atoms with Crippen LogP contribution in [0.25, 0.3) is 0 Å². The summed E-state index contributed by atoms with van der Waals surface area (Å²) in [5.41, 5.74) is 0.517. The molecule has 2 aliphatic rings. The summed E-state index contributed by atoms with van der Waals surface area (Å²) in [5, 5.41) is 3.34. The van der Waals surface area contributed by atoms with Gasteiger partial charge in [0.05, 0.1) is 19.3 Å². The number of piperazine rings is 1. The lowest BCUT2D eigenvalue weighted by atomic mass is 10.0. The monoisotopic (exact) mass is 458 g/mol. The van der Waals surface area contributed by atoms with Crippen LogP contribution in [-0.4, -0.2) is 80.3 Å². The second-order valence-electron chi connectivity index (χ2n) is 8.16. The zero-order valence-electron chi connectivity index (χ0n) is 17.8. The van der Waals surface area contributed by atoms with Crippen LogP contribution in [0.3, 0.4) is 0 Å². The Labute approximate surface area is 184 Å². The van der Waals surface area contributed by atoms with Crippen molar-refractivity contribution in [2.75, 3.05) is 51.7 Å². The van der Waals surface area contributed by atoms with Crippen molar-refractivity contribution >= 4 is 33.4 Å². The molecule has 0 radical (unpaired) electrons. The predicted molar refractivity (Wildman–Crippen MR) is 118 cm³/mol. The van der Waals surface area contributed by atoms with Gasteiger partial charge in [-0.25, -0.2) is 0 Å². The molecular weight excluding hydrogens is 428 g/mol. The SMILES string of the molecule is COc1ccc(Cl)cc1NC(=O)CN1CCN(S(=O)(=O)N2CCC(C)CC2)C[C@H]1C. The molecule has 2 saturated heterocycles. The lowest BCUT2D eigenvalue weighted by molar-refractivity contribution is -0.118. The number of hydrogen-bond acceptors (Lipinski definition) is 5. The quantitative estimate of drug-likeness (QED) is 0.707. The average molecular weight is 459 g/mol. The zero-order chi connectivity index (χ0) is 21.9. The van der Waals surface area contributed by atoms with Crippen LogP contribution in [0.4, 0.5) is 5.69 Å². The van der Waals surface area contributed by atoms with Gasteiger partial charge in [0.25, 0.3) is 10.2 Å². The smallest absolute Gasteiger partial charge is 0.282 e. The largest absolute Gasteiger partial charge is 0.495 e. The Kier molecular flexibility index (Phi) is 7.62. The third kappa shape index (κ3) is 5.45. The van der Waals surface area contributed by atoms with E-state index in [4.69, 9.17) is 16.3 Å². The first-order chi connectivity index (χ1) is 14.2. The number of hydrogen-bond donors (Lipinski definition) is 1. The van der Waals surface area contributed by atoms with E-state index in [1.165, 1.54) is 7.11 Å². The van der Waals surface area contributed by atoms with Crippen molar-refractivity contribution in [1.82, 2.24) is 13.5 Å². The molecule has 1 aromatic carbocycles. The molecule has 0 aromatic heterocycles. The van der Waals surface area contributed by atoms with Gasteiger partial charge in [0.15, 0.2) is 0 Å². The highest BCUT2D eigenvalue weighted by Crippen LogP contribution is 2.28. The molecule has 0 aliphatic carbocycles. The Morgan fingerprint density at radius 1 is 1.17 bits per heavy atom. The maximum Gasteiger partial charge on any atom is 0.282 e. The molecule has 8 nitrogen and oxygen atoms in total. The van der Waals surface area contributed by atoms with E-state index in [-0.39, 0.29) is 18.5 Å². The second-order valence-corrected chi connectivity index (χ2v) is 10.5. The molecule has 2 fully saturated rings. The van der Waals surface area contributed by atoms with Gasteiger partial charge in [-0.2, -0.15) is 17.0 Å². The number of carbonyl (C=O) groups excluding carboxylic acids is 1. The number of nitrogens with one attached hydrogen (secondary N) is 1. The Hall–Kier alpha value is -1.39. The first-order valence-corrected chi connectivity index (χ1v) is 12.1. The molecule has 1 N–H and O–H groups in total. The fraction of sp³-hybridized carbons (Fsp3) is 0.650. The number of methoxy groups -OCH3 is 1. The number of halogens is 1. The van der Waals surface area contributed by atoms with Crippen molar-refractivity contribution in [3.63, 3.8) is 0 Å². The van der Waals surface area contributed by atoms with E-state index in [9.17, 15) is 13.2 Å². The Bertz CT molecular complexity index is 858. The van der Waals surface area contributed by atoms with E-state index in [1.807, 2.05) is 11.8 Å². The number of anilines is 1. The summed E-state index contributed by atoms with van der Waals surface area (Å²) in [6.07, 6.45) is 1.81. The van der Waals surface area contributed by atoms with Gasteiger partial charge >= 0.3 is 0 Å². The summed E-state index contributed by atoms with van der Waals surface area (Å²) in [4.78, 5) is 14.6. The van der Waals surface area contributed by atoms with Crippen LogP contribution in [0.15, 0.2) is 18.2 Å². The van der Waals surface area contributed by atoms with Gasteiger partial charge in [0.1, 0.15) is 5.75 Å². The van der Waals surface area contributed by atoms with E-state index >= 15 is 0 Å². The van der Waals surface area contributed by atoms with Gasteiger partial charge < -0.3 is 10.1 Å². The number of ether oxygens (including phenoxy) is 1. The lowest BCUT2D eigenvalue weighted by Crippen LogP contribution is -2.58. The molecule has 10 heteroatoms. The molecule has 0 bridgehead atoms. The van der Waals surface area contributed by atoms with Gasteiger partial charge in [0, 0.05) is 43.8 Å². The molecule has 3 rings (SSSR count). The molecule has 168 valence electrons. The van der Waals surface area contributed by atoms with Crippen LogP contribution in [0, 0.1) is 5.92 Å². The van der Waals surface area contributed by atoms with Gasteiger partial charge in [0.2, 0.25) is 5.91 Å². The lowest BCUT2D eigenvalue weighted by Gasteiger charge is -2.41. The maximum atomic E-state index is 13.0. The number of amides is 1. The normalized spacial score (nSPS) is 22.7. The maximum absolute atomic E-state index is 13.0. The van der Waals surface area contributed by atoms with Crippen molar-refractivity contribution in [3.8, 4) is 5.75 Å². The number of rotatable bonds is 6. The molecule has 0 spiro atoms. The molecule has 0 unspecified atom stereocenters. The number of piperidine rings is 1. The standard InChI is InChI=1S/C20H31ClN4O4S/c1-15-6-8-24(9-7-15)30(27,28)25-11-10-23(16(2)13-25)14-20(26)22-18-12-17(21)4-5-19(18)29-3/h4-5,12,15-16H,6-11,13-14H2,1-3H3,(H,22,26)/t16-/m1/s1. The fourth-order valence-corrected chi connectivity index (χ4v) is 5.82. The molecule has 2 aliphatic heterocycles. The molecule has 2 heterocycles. The van der Waals surface area contributed by atoms with Crippen LogP contribution in [0.2, 0.25) is 5.02 Å². The van der Waals surface area contributed by atoms with Crippen LogP contribution in [-0.2, 0) is 15.0 Å². The fourth-order valence-electron chi connectivity index (χ4n) is 3.94. The minimum Gasteiger partial charge on any atom is -0.495 e. The molecule has 1 amide bonds. The molecule has 1 atom stereocenters. The molecule has 0 saturated carbocycles. The van der Waals surface area contributed by atoms with E-state index in [0.717, 1.165) is 12.8 Å². The van der Waals surface area contributed by atoms with Crippen molar-refractivity contribution in [2.45, 2.75) is 32.7 Å². The summed E-state index contributed by atoms with van der Waals surface area (Å²) in [6.45, 7) is 6.72. The van der Waals surface area contributed by atoms with Crippen molar-refractivity contribution in [2.24, 2.45) is 5.92 Å². The van der Waals surface area contributed by atoms with E-state index in [1.54, 1.807) is 26.8 Å². The summed E-state index contributed by atoms with van der Waals surface area (Å²) >= 11 is 6.02. The highest BCUT2D eigenvalue weighted by Gasteiger charge is 2.36. The molecule has 30 heavy (non-hydrogen) atoms. The Balaban J connectivity index is 1.57. The third-order valence-electron chi connectivity index (χ3n) is 5.91. The first-order valence-electron chi connectivity index (χ1n) is 10.3. The van der Waals surface area contributed by atoms with Crippen molar-refractivity contribution in [3.05, 3.63) is 23.2 Å². The van der Waals surface area contributed by atoms with Crippen LogP contribution in [0.1, 0.15) is 26.7 Å². The molecular formula is C20H31ClN4O4S. The number of nitrogens with zero attached hydrogens (tertiary/aromatic N) is 3. The summed E-state index contributed by atoms with van der Waals surface area (Å²) in [5.74, 6) is 0.917. The molecule has 1 aromatic rings. The van der Waals surface area contributed by atoms with E-state index < -0.39 is 10.2 Å². The Morgan fingerprint density at radius 2 is 1.87 bits per heavy atom. The zero-order valence-corrected chi connectivity index (χ0v) is 19.4. The minimum absolute atomic E-state index is 0.0655. The highest BCUT2D eigenvalue weighted by molar-refractivity contribution is 7.86. The van der Waals surface area contributed by atoms with Gasteiger partial charge in [-0.3, -0.25) is 9.69 Å². The highest BCUT2D eigenvalue weighted by atomic mass is 35.5. The summed E-state index contributed by atoms with van der Waals surface area (Å²) < 4.78 is 34.4. The second kappa shape index (κ2) is 9.82. The number of benzene rings is 1. The summed E-state index contributed by atoms with van der Waals surface area (Å²) in [6, 6.07) is 4.97. The minimum atomic E-state index is -3.45. The van der Waals surface area contributed by atoms with Gasteiger partial charge in [-0.15, -0.1) is 0 Å². The summed E-state index contributed by atoms with van der Waals surface area (Å²) in [7, 11) is -1.92. The first kappa shape index (κ1) is 23.3. The van der Waals surface area contributed by atoms with Gasteiger partial charge in [-0.05, 0) is 43.9 Å². The van der Waals surface area contributed by atoms with E-state index in [0.29, 0.717) is 55.1 Å². The predicted octanol–water partition coefficient (Wildman–Crippen LogP) is 2.27.